The number of halogens is 2. The van der Waals surface area contributed by atoms with E-state index in [9.17, 15) is 13.6 Å². The fourth-order valence-electron chi connectivity index (χ4n) is 3.29. The Kier molecular flexibility index (Phi) is 7.96. The Morgan fingerprint density at radius 2 is 2.06 bits per heavy atom. The van der Waals surface area contributed by atoms with E-state index in [0.717, 1.165) is 25.3 Å². The molecule has 2 fully saturated rings. The molecule has 2 aromatic rings. The largest absolute Gasteiger partial charge is 0.442 e. The van der Waals surface area contributed by atoms with E-state index < -0.39 is 23.8 Å². The first-order chi connectivity index (χ1) is 15.4. The summed E-state index contributed by atoms with van der Waals surface area (Å²) in [6.45, 7) is 4.23. The summed E-state index contributed by atoms with van der Waals surface area (Å²) in [5.74, 6) is -0.980. The summed E-state index contributed by atoms with van der Waals surface area (Å²) in [7, 11) is 0. The van der Waals surface area contributed by atoms with Crippen molar-refractivity contribution >= 4 is 11.8 Å². The number of amides is 1. The molecule has 0 aliphatic carbocycles. The molecule has 1 aromatic heterocycles. The van der Waals surface area contributed by atoms with Gasteiger partial charge >= 0.3 is 6.09 Å². The molecule has 0 spiro atoms. The number of hydrogen-bond donors (Lipinski definition) is 3. The van der Waals surface area contributed by atoms with E-state index in [4.69, 9.17) is 20.9 Å². The molecule has 2 aliphatic rings. The number of nitrogens with zero attached hydrogens (tertiary/aromatic N) is 2. The molecule has 2 unspecified atom stereocenters. The van der Waals surface area contributed by atoms with Gasteiger partial charge in [0.15, 0.2) is 0 Å². The van der Waals surface area contributed by atoms with Gasteiger partial charge in [0.1, 0.15) is 17.7 Å². The quantitative estimate of drug-likeness (QED) is 0.644. The van der Waals surface area contributed by atoms with Gasteiger partial charge in [-0.05, 0) is 24.1 Å². The second-order valence-electron chi connectivity index (χ2n) is 7.59. The molecule has 8 nitrogen and oxygen atoms in total. The lowest BCUT2D eigenvalue weighted by atomic mass is 10.1. The van der Waals surface area contributed by atoms with E-state index >= 15 is 0 Å². The van der Waals surface area contributed by atoms with Crippen molar-refractivity contribution in [2.45, 2.75) is 19.1 Å². The molecule has 10 heteroatoms. The molecule has 0 saturated carbocycles. The summed E-state index contributed by atoms with van der Waals surface area (Å²) < 4.78 is 39.1. The van der Waals surface area contributed by atoms with Crippen LogP contribution in [0.5, 0.6) is 0 Å². The minimum Gasteiger partial charge on any atom is -0.442 e. The topological polar surface area (TPSA) is 116 Å². The van der Waals surface area contributed by atoms with Gasteiger partial charge in [-0.25, -0.2) is 13.6 Å². The Morgan fingerprint density at radius 3 is 2.59 bits per heavy atom. The number of benzene rings is 1. The number of cyclic esters (lactones) is 1. The molecule has 2 aliphatic heterocycles. The molecular weight excluding hydrogens is 420 g/mol. The maximum atomic E-state index is 14.4. The zero-order valence-electron chi connectivity index (χ0n) is 17.7. The number of ether oxygens (including phenoxy) is 2. The lowest BCUT2D eigenvalue weighted by molar-refractivity contribution is 0.142. The van der Waals surface area contributed by atoms with Crippen molar-refractivity contribution in [3.63, 3.8) is 0 Å². The molecule has 0 radical (unpaired) electrons. The van der Waals surface area contributed by atoms with Gasteiger partial charge in [0.05, 0.1) is 37.6 Å². The van der Waals surface area contributed by atoms with Crippen LogP contribution >= 0.6 is 0 Å². The first-order valence-corrected chi connectivity index (χ1v) is 10.2. The van der Waals surface area contributed by atoms with Gasteiger partial charge in [-0.2, -0.15) is 0 Å². The Morgan fingerprint density at radius 1 is 1.31 bits per heavy atom. The molecule has 172 valence electrons. The smallest absolute Gasteiger partial charge is 0.414 e. The molecule has 1 amide bonds. The third-order valence-corrected chi connectivity index (χ3v) is 5.14. The number of carbonyl (C=O) groups excluding carboxylic acids is 1. The average Bonchev–Trinajstić information content (AvgIpc) is 3.33. The van der Waals surface area contributed by atoms with Gasteiger partial charge < -0.3 is 26.3 Å². The molecule has 3 heterocycles. The van der Waals surface area contributed by atoms with Crippen molar-refractivity contribution < 1.29 is 23.0 Å². The lowest BCUT2D eigenvalue weighted by Gasteiger charge is -2.15. The number of nitrogens with one attached hydrogen (secondary N) is 1. The predicted molar refractivity (Wildman–Crippen MR) is 116 cm³/mol. The van der Waals surface area contributed by atoms with Crippen molar-refractivity contribution in [2.75, 3.05) is 31.2 Å². The van der Waals surface area contributed by atoms with Gasteiger partial charge in [0.25, 0.3) is 0 Å². The number of rotatable bonds is 5. The van der Waals surface area contributed by atoms with E-state index in [-0.39, 0.29) is 17.8 Å². The fraction of sp³-hybridized carbons (Fsp3) is 0.364. The lowest BCUT2D eigenvalue weighted by Crippen LogP contribution is -2.29. The van der Waals surface area contributed by atoms with Crippen LogP contribution < -0.4 is 21.7 Å². The third-order valence-electron chi connectivity index (χ3n) is 5.14. The number of anilines is 1. The summed E-state index contributed by atoms with van der Waals surface area (Å²) in [5, 5.41) is 2.86. The minimum atomic E-state index is -0.775. The standard InChI is InChI=1S/C17H16F2N4O2.C5H11NO/c18-14-6-12(7-15(19)16(14)11-2-1-4-21-8-11)23-10-13(25-17(23)24)9-22-5-3-20;1-4-2-7-3-5(4)6/h1-8,13,22H,9-10,20H2;4-5H,2-3,6H2,1H3/b5-3-;/t;4-,5?/m.1/s1. The van der Waals surface area contributed by atoms with Crippen molar-refractivity contribution in [1.82, 2.24) is 10.3 Å². The van der Waals surface area contributed by atoms with Crippen LogP contribution in [0.15, 0.2) is 49.1 Å². The average molecular weight is 447 g/mol. The van der Waals surface area contributed by atoms with Gasteiger partial charge in [0.2, 0.25) is 0 Å². The summed E-state index contributed by atoms with van der Waals surface area (Å²) in [6, 6.07) is 5.67. The molecule has 0 bridgehead atoms. The number of pyridine rings is 1. The zero-order chi connectivity index (χ0) is 23.1. The Balaban J connectivity index is 0.000000352. The van der Waals surface area contributed by atoms with Gasteiger partial charge in [0, 0.05) is 36.4 Å². The summed E-state index contributed by atoms with van der Waals surface area (Å²) in [4.78, 5) is 17.0. The van der Waals surface area contributed by atoms with Gasteiger partial charge in [-0.3, -0.25) is 9.88 Å². The van der Waals surface area contributed by atoms with Crippen LogP contribution in [0.25, 0.3) is 11.1 Å². The minimum absolute atomic E-state index is 0.101. The molecule has 3 atom stereocenters. The van der Waals surface area contributed by atoms with Gasteiger partial charge in [-0.15, -0.1) is 0 Å². The van der Waals surface area contributed by atoms with Gasteiger partial charge in [-0.1, -0.05) is 13.0 Å². The highest BCUT2D eigenvalue weighted by Crippen LogP contribution is 2.31. The highest BCUT2D eigenvalue weighted by Gasteiger charge is 2.33. The van der Waals surface area contributed by atoms with Crippen LogP contribution in [0.2, 0.25) is 0 Å². The molecule has 32 heavy (non-hydrogen) atoms. The van der Waals surface area contributed by atoms with E-state index in [2.05, 4.69) is 17.2 Å². The van der Waals surface area contributed by atoms with Crippen molar-refractivity contribution in [3.05, 3.63) is 60.7 Å². The van der Waals surface area contributed by atoms with Crippen LogP contribution in [0.1, 0.15) is 6.92 Å². The van der Waals surface area contributed by atoms with Crippen molar-refractivity contribution in [1.29, 1.82) is 0 Å². The molecular formula is C22H27F2N5O3. The fourth-order valence-corrected chi connectivity index (χ4v) is 3.29. The first-order valence-electron chi connectivity index (χ1n) is 10.2. The van der Waals surface area contributed by atoms with Crippen LogP contribution in [-0.4, -0.2) is 49.5 Å². The SMILES string of the molecule is C[C@@H]1COCC1N.N/C=C\NCC1CN(c2cc(F)c(-c3cccnc3)c(F)c2)C(=O)O1. The molecule has 5 N–H and O–H groups in total. The molecule has 1 aromatic carbocycles. The van der Waals surface area contributed by atoms with E-state index in [1.165, 1.54) is 29.7 Å². The Hall–Kier alpha value is -3.24. The maximum Gasteiger partial charge on any atom is 0.414 e. The monoisotopic (exact) mass is 447 g/mol. The third kappa shape index (κ3) is 5.71. The second kappa shape index (κ2) is 10.9. The van der Waals surface area contributed by atoms with Crippen LogP contribution in [0.4, 0.5) is 19.3 Å². The van der Waals surface area contributed by atoms with Crippen molar-refractivity contribution in [3.8, 4) is 11.1 Å². The molecule has 4 rings (SSSR count). The van der Waals surface area contributed by atoms with E-state index in [0.29, 0.717) is 24.1 Å². The number of aromatic nitrogens is 1. The molecule has 2 saturated heterocycles. The summed E-state index contributed by atoms with van der Waals surface area (Å²) >= 11 is 0. The number of nitrogens with two attached hydrogens (primary N) is 2. The van der Waals surface area contributed by atoms with Crippen molar-refractivity contribution in [2.24, 2.45) is 17.4 Å². The summed E-state index contributed by atoms with van der Waals surface area (Å²) in [6.07, 6.45) is 4.61. The maximum absolute atomic E-state index is 14.4. The normalized spacial score (nSPS) is 22.6. The van der Waals surface area contributed by atoms with Crippen LogP contribution in [0.3, 0.4) is 0 Å². The second-order valence-corrected chi connectivity index (χ2v) is 7.59. The van der Waals surface area contributed by atoms with E-state index in [1.54, 1.807) is 12.1 Å². The van der Waals surface area contributed by atoms with E-state index in [1.807, 2.05) is 0 Å². The Bertz CT molecular complexity index is 913. The Labute approximate surface area is 185 Å². The highest BCUT2D eigenvalue weighted by molar-refractivity contribution is 5.90. The predicted octanol–water partition coefficient (Wildman–Crippen LogP) is 2.35. The number of hydrogen-bond acceptors (Lipinski definition) is 7. The number of carbonyl (C=O) groups is 1. The zero-order valence-corrected chi connectivity index (χ0v) is 17.7. The van der Waals surface area contributed by atoms with Crippen LogP contribution in [0, 0.1) is 17.6 Å². The first kappa shape index (κ1) is 23.4. The highest BCUT2D eigenvalue weighted by atomic mass is 19.1. The summed E-state index contributed by atoms with van der Waals surface area (Å²) in [5.41, 5.74) is 11.0. The van der Waals surface area contributed by atoms with Crippen LogP contribution in [-0.2, 0) is 9.47 Å².